The monoisotopic (exact) mass is 178 g/mol. The molecule has 0 aromatic heterocycles. The maximum atomic E-state index is 5.08. The van der Waals surface area contributed by atoms with Crippen LogP contribution in [0.5, 0.6) is 0 Å². The number of halogens is 1. The molecule has 1 heterocycles. The molecule has 1 aliphatic heterocycles. The summed E-state index contributed by atoms with van der Waals surface area (Å²) in [4.78, 5) is 0.572. The van der Waals surface area contributed by atoms with Crippen molar-refractivity contribution in [2.24, 2.45) is 5.92 Å². The number of alkyl halides is 1. The van der Waals surface area contributed by atoms with Gasteiger partial charge in [0.25, 0.3) is 0 Å². The van der Waals surface area contributed by atoms with Crippen LogP contribution in [-0.4, -0.2) is 17.5 Å². The zero-order valence-corrected chi connectivity index (χ0v) is 6.81. The highest BCUT2D eigenvalue weighted by molar-refractivity contribution is 9.09. The lowest BCUT2D eigenvalue weighted by atomic mass is 10.1. The minimum absolute atomic E-state index is 0.509. The van der Waals surface area contributed by atoms with Crippen LogP contribution in [0.25, 0.3) is 0 Å². The van der Waals surface area contributed by atoms with Gasteiger partial charge in [0.05, 0.1) is 12.7 Å². The maximum absolute atomic E-state index is 5.08. The van der Waals surface area contributed by atoms with Crippen LogP contribution in [-0.2, 0) is 4.74 Å². The molecule has 0 aromatic carbocycles. The van der Waals surface area contributed by atoms with Gasteiger partial charge in [-0.3, -0.25) is 0 Å². The molecule has 0 N–H and O–H groups in total. The highest BCUT2D eigenvalue weighted by Gasteiger charge is 2.32. The maximum Gasteiger partial charge on any atom is 0.0937 e. The third kappa shape index (κ3) is 1.46. The quantitative estimate of drug-likeness (QED) is 0.465. The van der Waals surface area contributed by atoms with Crippen LogP contribution < -0.4 is 0 Å². The van der Waals surface area contributed by atoms with Crippen molar-refractivity contribution in [1.82, 2.24) is 0 Å². The molecule has 0 saturated carbocycles. The van der Waals surface area contributed by atoms with E-state index < -0.39 is 0 Å². The smallest absolute Gasteiger partial charge is 0.0937 e. The summed E-state index contributed by atoms with van der Waals surface area (Å²) in [6.07, 6.45) is 0.509. The molecular formula is C6H11BrO. The fourth-order valence-corrected chi connectivity index (χ4v) is 0.974. The van der Waals surface area contributed by atoms with Gasteiger partial charge in [-0.2, -0.15) is 0 Å². The molecule has 1 aliphatic rings. The number of epoxide rings is 1. The van der Waals surface area contributed by atoms with E-state index in [-0.39, 0.29) is 0 Å². The van der Waals surface area contributed by atoms with Gasteiger partial charge in [0, 0.05) is 4.83 Å². The Hall–Kier alpha value is 0.440. The van der Waals surface area contributed by atoms with E-state index in [0.29, 0.717) is 16.8 Å². The molecule has 1 fully saturated rings. The van der Waals surface area contributed by atoms with Crippen molar-refractivity contribution in [1.29, 1.82) is 0 Å². The number of hydrogen-bond donors (Lipinski definition) is 0. The average molecular weight is 179 g/mol. The van der Waals surface area contributed by atoms with Gasteiger partial charge in [-0.1, -0.05) is 29.8 Å². The van der Waals surface area contributed by atoms with E-state index in [4.69, 9.17) is 4.74 Å². The Labute approximate surface area is 58.5 Å². The average Bonchev–Trinajstić information content (AvgIpc) is 2.43. The third-order valence-corrected chi connectivity index (χ3v) is 3.00. The minimum atomic E-state index is 0.509. The summed E-state index contributed by atoms with van der Waals surface area (Å²) in [5.74, 6) is 0.697. The molecule has 0 spiro atoms. The first-order valence-corrected chi connectivity index (χ1v) is 3.89. The molecule has 1 saturated heterocycles. The lowest BCUT2D eigenvalue weighted by molar-refractivity contribution is 0.380. The van der Waals surface area contributed by atoms with Crippen molar-refractivity contribution in [3.8, 4) is 0 Å². The first-order chi connectivity index (χ1) is 3.72. The molecule has 0 radical (unpaired) electrons. The predicted octanol–water partition coefficient (Wildman–Crippen LogP) is 1.80. The van der Waals surface area contributed by atoms with E-state index in [2.05, 4.69) is 29.8 Å². The predicted molar refractivity (Wildman–Crippen MR) is 37.3 cm³/mol. The van der Waals surface area contributed by atoms with Crippen molar-refractivity contribution in [3.05, 3.63) is 0 Å². The van der Waals surface area contributed by atoms with Crippen molar-refractivity contribution in [3.63, 3.8) is 0 Å². The second-order valence-electron chi connectivity index (χ2n) is 2.56. The lowest BCUT2D eigenvalue weighted by Crippen LogP contribution is -2.13. The lowest BCUT2D eigenvalue weighted by Gasteiger charge is -2.08. The second-order valence-corrected chi connectivity index (χ2v) is 3.62. The highest BCUT2D eigenvalue weighted by Crippen LogP contribution is 2.26. The molecule has 0 aromatic rings. The number of ether oxygens (including phenoxy) is 1. The van der Waals surface area contributed by atoms with Gasteiger partial charge < -0.3 is 4.74 Å². The largest absolute Gasteiger partial charge is 0.372 e. The van der Waals surface area contributed by atoms with E-state index in [9.17, 15) is 0 Å². The standard InChI is InChI=1S/C6H11BrO/c1-4(2)6(7)5-3-8-5/h4-6H,3H2,1-2H3. The van der Waals surface area contributed by atoms with Gasteiger partial charge in [-0.15, -0.1) is 0 Å². The molecule has 8 heavy (non-hydrogen) atoms. The summed E-state index contributed by atoms with van der Waals surface area (Å²) in [6, 6.07) is 0. The molecule has 0 bridgehead atoms. The molecule has 0 aliphatic carbocycles. The minimum Gasteiger partial charge on any atom is -0.372 e. The first-order valence-electron chi connectivity index (χ1n) is 2.97. The Bertz CT molecular complexity index is 76.6. The van der Waals surface area contributed by atoms with Crippen molar-refractivity contribution in [2.45, 2.75) is 24.8 Å². The summed E-state index contributed by atoms with van der Waals surface area (Å²) >= 11 is 3.54. The van der Waals surface area contributed by atoms with Crippen molar-refractivity contribution < 1.29 is 4.74 Å². The van der Waals surface area contributed by atoms with Gasteiger partial charge in [0.1, 0.15) is 0 Å². The topological polar surface area (TPSA) is 12.5 Å². The highest BCUT2D eigenvalue weighted by atomic mass is 79.9. The zero-order chi connectivity index (χ0) is 6.15. The summed E-state index contributed by atoms with van der Waals surface area (Å²) in [7, 11) is 0. The van der Waals surface area contributed by atoms with E-state index in [0.717, 1.165) is 6.61 Å². The van der Waals surface area contributed by atoms with E-state index in [1.54, 1.807) is 0 Å². The Morgan fingerprint density at radius 2 is 2.12 bits per heavy atom. The molecule has 2 atom stereocenters. The first kappa shape index (κ1) is 6.56. The summed E-state index contributed by atoms with van der Waals surface area (Å²) < 4.78 is 5.08. The zero-order valence-electron chi connectivity index (χ0n) is 5.23. The molecule has 1 nitrogen and oxygen atoms in total. The van der Waals surface area contributed by atoms with E-state index in [1.807, 2.05) is 0 Å². The molecule has 0 amide bonds. The fourth-order valence-electron chi connectivity index (χ4n) is 0.669. The Balaban J connectivity index is 2.22. The van der Waals surface area contributed by atoms with Crippen LogP contribution in [0.1, 0.15) is 13.8 Å². The number of rotatable bonds is 2. The van der Waals surface area contributed by atoms with Crippen LogP contribution in [0.2, 0.25) is 0 Å². The molecule has 2 unspecified atom stereocenters. The van der Waals surface area contributed by atoms with Crippen LogP contribution in [0.4, 0.5) is 0 Å². The van der Waals surface area contributed by atoms with Gasteiger partial charge in [0.2, 0.25) is 0 Å². The van der Waals surface area contributed by atoms with Gasteiger partial charge in [-0.05, 0) is 5.92 Å². The van der Waals surface area contributed by atoms with Crippen LogP contribution in [0.15, 0.2) is 0 Å². The molecule has 1 rings (SSSR count). The summed E-state index contributed by atoms with van der Waals surface area (Å²) in [6.45, 7) is 5.34. The Morgan fingerprint density at radius 1 is 1.62 bits per heavy atom. The van der Waals surface area contributed by atoms with Crippen LogP contribution in [0, 0.1) is 5.92 Å². The van der Waals surface area contributed by atoms with Gasteiger partial charge in [-0.25, -0.2) is 0 Å². The Kier molecular flexibility index (Phi) is 1.93. The SMILES string of the molecule is CC(C)C(Br)C1CO1. The van der Waals surface area contributed by atoms with Crippen LogP contribution in [0.3, 0.4) is 0 Å². The summed E-state index contributed by atoms with van der Waals surface area (Å²) in [5.41, 5.74) is 0. The number of hydrogen-bond acceptors (Lipinski definition) is 1. The third-order valence-electron chi connectivity index (χ3n) is 1.35. The molecular weight excluding hydrogens is 168 g/mol. The van der Waals surface area contributed by atoms with Crippen molar-refractivity contribution in [2.75, 3.05) is 6.61 Å². The van der Waals surface area contributed by atoms with Gasteiger partial charge in [0.15, 0.2) is 0 Å². The molecule has 2 heteroatoms. The van der Waals surface area contributed by atoms with E-state index in [1.165, 1.54) is 0 Å². The van der Waals surface area contributed by atoms with Crippen LogP contribution >= 0.6 is 15.9 Å². The van der Waals surface area contributed by atoms with Gasteiger partial charge >= 0.3 is 0 Å². The Morgan fingerprint density at radius 3 is 2.25 bits per heavy atom. The summed E-state index contributed by atoms with van der Waals surface area (Å²) in [5, 5.41) is 0. The molecule has 48 valence electrons. The van der Waals surface area contributed by atoms with Crippen molar-refractivity contribution >= 4 is 15.9 Å². The van der Waals surface area contributed by atoms with E-state index >= 15 is 0 Å². The normalized spacial score (nSPS) is 30.8. The fraction of sp³-hybridized carbons (Fsp3) is 1.00. The second kappa shape index (κ2) is 2.36.